The van der Waals surface area contributed by atoms with Gasteiger partial charge in [0.1, 0.15) is 0 Å². The highest BCUT2D eigenvalue weighted by Gasteiger charge is 2.28. The van der Waals surface area contributed by atoms with Crippen LogP contribution in [-0.2, 0) is 6.54 Å². The fourth-order valence-electron chi connectivity index (χ4n) is 2.34. The molecule has 1 rings (SSSR count). The third kappa shape index (κ3) is 3.95. The van der Waals surface area contributed by atoms with Crippen LogP contribution in [-0.4, -0.2) is 15.1 Å². The zero-order valence-corrected chi connectivity index (χ0v) is 12.2. The van der Waals surface area contributed by atoms with Crippen molar-refractivity contribution in [3.05, 3.63) is 28.7 Å². The molecule has 0 fully saturated rings. The maximum atomic E-state index is 11.7. The molecule has 0 atom stereocenters. The predicted molar refractivity (Wildman–Crippen MR) is 74.5 cm³/mol. The van der Waals surface area contributed by atoms with Crippen molar-refractivity contribution in [2.24, 2.45) is 5.41 Å². The maximum Gasteiger partial charge on any atom is 0.266 e. The van der Waals surface area contributed by atoms with E-state index in [1.54, 1.807) is 23.0 Å². The molecule has 0 unspecified atom stereocenters. The number of halogens is 1. The van der Waals surface area contributed by atoms with Gasteiger partial charge in [-0.1, -0.05) is 42.6 Å². The Labute approximate surface area is 111 Å². The van der Waals surface area contributed by atoms with E-state index in [0.29, 0.717) is 6.54 Å². The first-order valence-corrected chi connectivity index (χ1v) is 7.37. The summed E-state index contributed by atoms with van der Waals surface area (Å²) in [6.07, 6.45) is 6.18. The number of hydrogen-bond donors (Lipinski definition) is 0. The molecule has 0 amide bonds. The van der Waals surface area contributed by atoms with Crippen molar-refractivity contribution in [2.75, 3.05) is 5.33 Å². The molecule has 0 aliphatic rings. The molecule has 0 aromatic carbocycles. The summed E-state index contributed by atoms with van der Waals surface area (Å²) in [7, 11) is 0. The van der Waals surface area contributed by atoms with Gasteiger partial charge in [-0.25, -0.2) is 4.68 Å². The summed E-state index contributed by atoms with van der Waals surface area (Å²) in [6, 6.07) is 3.26. The summed E-state index contributed by atoms with van der Waals surface area (Å²) >= 11 is 3.61. The van der Waals surface area contributed by atoms with E-state index in [1.807, 2.05) is 0 Å². The van der Waals surface area contributed by atoms with Crippen molar-refractivity contribution in [1.82, 2.24) is 9.78 Å². The summed E-state index contributed by atoms with van der Waals surface area (Å²) in [4.78, 5) is 11.7. The lowest BCUT2D eigenvalue weighted by atomic mass is 9.81. The van der Waals surface area contributed by atoms with Gasteiger partial charge in [0.25, 0.3) is 5.56 Å². The van der Waals surface area contributed by atoms with Gasteiger partial charge in [-0.3, -0.25) is 4.79 Å². The third-order valence-corrected chi connectivity index (χ3v) is 4.30. The van der Waals surface area contributed by atoms with Crippen molar-refractivity contribution in [2.45, 2.75) is 46.1 Å². The molecule has 0 radical (unpaired) electrons. The van der Waals surface area contributed by atoms with E-state index in [0.717, 1.165) is 31.0 Å². The zero-order chi connectivity index (χ0) is 12.7. The Morgan fingerprint density at radius 1 is 1.35 bits per heavy atom. The van der Waals surface area contributed by atoms with Crippen molar-refractivity contribution < 1.29 is 0 Å². The van der Waals surface area contributed by atoms with E-state index in [4.69, 9.17) is 0 Å². The highest BCUT2D eigenvalue weighted by Crippen LogP contribution is 2.33. The first-order chi connectivity index (χ1) is 8.17. The lowest BCUT2D eigenvalue weighted by Crippen LogP contribution is -2.34. The molecule has 1 aromatic rings. The lowest BCUT2D eigenvalue weighted by Gasteiger charge is -2.31. The normalized spacial score (nSPS) is 11.7. The second-order valence-electron chi connectivity index (χ2n) is 4.65. The molecule has 0 spiro atoms. The molecule has 0 N–H and O–H groups in total. The van der Waals surface area contributed by atoms with Crippen molar-refractivity contribution >= 4 is 15.9 Å². The zero-order valence-electron chi connectivity index (χ0n) is 10.7. The number of aromatic nitrogens is 2. The van der Waals surface area contributed by atoms with Gasteiger partial charge in [-0.15, -0.1) is 0 Å². The Morgan fingerprint density at radius 2 is 2.00 bits per heavy atom. The number of nitrogens with zero attached hydrogens (tertiary/aromatic N) is 2. The fraction of sp³-hybridized carbons (Fsp3) is 0.692. The minimum absolute atomic E-state index is 0.00923. The maximum absolute atomic E-state index is 11.7. The van der Waals surface area contributed by atoms with Gasteiger partial charge < -0.3 is 0 Å². The summed E-state index contributed by atoms with van der Waals surface area (Å²) in [6.45, 7) is 5.09. The SMILES string of the molecule is CCCC(CBr)(CCC)Cn1ncccc1=O. The van der Waals surface area contributed by atoms with E-state index in [9.17, 15) is 4.79 Å². The van der Waals surface area contributed by atoms with Crippen molar-refractivity contribution in [1.29, 1.82) is 0 Å². The number of rotatable bonds is 7. The molecule has 96 valence electrons. The molecule has 0 saturated carbocycles. The molecular weight excluding hydrogens is 280 g/mol. The molecular formula is C13H21BrN2O. The van der Waals surface area contributed by atoms with Crippen LogP contribution in [0.15, 0.2) is 23.1 Å². The molecule has 0 aliphatic heterocycles. The van der Waals surface area contributed by atoms with Gasteiger partial charge >= 0.3 is 0 Å². The van der Waals surface area contributed by atoms with E-state index in [2.05, 4.69) is 34.9 Å². The highest BCUT2D eigenvalue weighted by molar-refractivity contribution is 9.09. The standard InChI is InChI=1S/C13H21BrN2O/c1-3-7-13(10-14,8-4-2)11-16-12(17)6-5-9-15-16/h5-6,9H,3-4,7-8,10-11H2,1-2H3. The van der Waals surface area contributed by atoms with Crippen LogP contribution < -0.4 is 5.56 Å². The molecule has 4 heteroatoms. The second-order valence-corrected chi connectivity index (χ2v) is 5.21. The van der Waals surface area contributed by atoms with Crippen LogP contribution in [0, 0.1) is 5.41 Å². The molecule has 17 heavy (non-hydrogen) atoms. The van der Waals surface area contributed by atoms with Gasteiger partial charge in [0.2, 0.25) is 0 Å². The van der Waals surface area contributed by atoms with Crippen LogP contribution in [0.25, 0.3) is 0 Å². The molecule has 1 heterocycles. The fourth-order valence-corrected chi connectivity index (χ4v) is 3.08. The van der Waals surface area contributed by atoms with Crippen LogP contribution >= 0.6 is 15.9 Å². The van der Waals surface area contributed by atoms with Gasteiger partial charge in [-0.2, -0.15) is 5.10 Å². The Balaban J connectivity index is 2.92. The largest absolute Gasteiger partial charge is 0.268 e. The van der Waals surface area contributed by atoms with E-state index in [1.165, 1.54) is 0 Å². The quantitative estimate of drug-likeness (QED) is 0.725. The third-order valence-electron chi connectivity index (χ3n) is 3.11. The topological polar surface area (TPSA) is 34.9 Å². The minimum Gasteiger partial charge on any atom is -0.268 e. The summed E-state index contributed by atoms with van der Waals surface area (Å²) in [5.74, 6) is 0. The molecule has 1 aromatic heterocycles. The smallest absolute Gasteiger partial charge is 0.266 e. The molecule has 0 saturated heterocycles. The average Bonchev–Trinajstić information content (AvgIpc) is 2.33. The van der Waals surface area contributed by atoms with Gasteiger partial charge in [0.05, 0.1) is 6.54 Å². The predicted octanol–water partition coefficient (Wildman–Crippen LogP) is 3.22. The minimum atomic E-state index is -0.00923. The number of alkyl halides is 1. The Hall–Kier alpha value is -0.640. The lowest BCUT2D eigenvalue weighted by molar-refractivity contribution is 0.218. The molecule has 0 bridgehead atoms. The van der Waals surface area contributed by atoms with E-state index in [-0.39, 0.29) is 11.0 Å². The van der Waals surface area contributed by atoms with Gasteiger partial charge in [-0.05, 0) is 24.3 Å². The molecule has 0 aliphatic carbocycles. The summed E-state index contributed by atoms with van der Waals surface area (Å²) in [5.41, 5.74) is 0.145. The van der Waals surface area contributed by atoms with Crippen molar-refractivity contribution in [3.8, 4) is 0 Å². The molecule has 3 nitrogen and oxygen atoms in total. The number of hydrogen-bond acceptors (Lipinski definition) is 2. The summed E-state index contributed by atoms with van der Waals surface area (Å²) in [5, 5.41) is 5.08. The monoisotopic (exact) mass is 300 g/mol. The van der Waals surface area contributed by atoms with Crippen LogP contribution in [0.4, 0.5) is 0 Å². The van der Waals surface area contributed by atoms with Crippen LogP contribution in [0.1, 0.15) is 39.5 Å². The Morgan fingerprint density at radius 3 is 2.47 bits per heavy atom. The first-order valence-electron chi connectivity index (χ1n) is 6.25. The summed E-state index contributed by atoms with van der Waals surface area (Å²) < 4.78 is 1.59. The van der Waals surface area contributed by atoms with Crippen LogP contribution in [0.5, 0.6) is 0 Å². The second kappa shape index (κ2) is 6.94. The Bertz CT molecular complexity index is 383. The van der Waals surface area contributed by atoms with E-state index >= 15 is 0 Å². The highest BCUT2D eigenvalue weighted by atomic mass is 79.9. The van der Waals surface area contributed by atoms with E-state index < -0.39 is 0 Å². The van der Waals surface area contributed by atoms with Crippen LogP contribution in [0.2, 0.25) is 0 Å². The van der Waals surface area contributed by atoms with Crippen LogP contribution in [0.3, 0.4) is 0 Å². The van der Waals surface area contributed by atoms with Gasteiger partial charge in [0.15, 0.2) is 0 Å². The Kier molecular flexibility index (Phi) is 5.89. The van der Waals surface area contributed by atoms with Crippen molar-refractivity contribution in [3.63, 3.8) is 0 Å². The first kappa shape index (κ1) is 14.4. The average molecular weight is 301 g/mol. The van der Waals surface area contributed by atoms with Gasteiger partial charge in [0, 0.05) is 17.6 Å².